The van der Waals surface area contributed by atoms with E-state index in [1.807, 2.05) is 37.3 Å². The molecule has 1 saturated heterocycles. The molecular formula is C33H34ClFN4O3S. The summed E-state index contributed by atoms with van der Waals surface area (Å²) in [6, 6.07) is 22.9. The first-order chi connectivity index (χ1) is 20.8. The van der Waals surface area contributed by atoms with Crippen molar-refractivity contribution in [2.45, 2.75) is 48.1 Å². The summed E-state index contributed by atoms with van der Waals surface area (Å²) in [7, 11) is 1.59. The largest absolute Gasteiger partial charge is 0.497 e. The van der Waals surface area contributed by atoms with Gasteiger partial charge in [0.2, 0.25) is 5.91 Å². The molecule has 1 aromatic heterocycles. The van der Waals surface area contributed by atoms with Gasteiger partial charge in [0, 0.05) is 39.9 Å². The molecule has 1 fully saturated rings. The highest BCUT2D eigenvalue weighted by Gasteiger charge is 2.33. The maximum absolute atomic E-state index is 14.6. The number of nitrogens with zero attached hydrogens (tertiary/aromatic N) is 2. The highest BCUT2D eigenvalue weighted by Crippen LogP contribution is 2.32. The number of aromatic nitrogens is 2. The third kappa shape index (κ3) is 7.65. The quantitative estimate of drug-likeness (QED) is 0.226. The lowest BCUT2D eigenvalue weighted by atomic mass is 9.80. The van der Waals surface area contributed by atoms with Crippen LogP contribution in [0, 0.1) is 11.7 Å². The zero-order valence-corrected chi connectivity index (χ0v) is 25.6. The summed E-state index contributed by atoms with van der Waals surface area (Å²) >= 11 is 7.50. The zero-order chi connectivity index (χ0) is 30.3. The van der Waals surface area contributed by atoms with E-state index in [0.29, 0.717) is 65.0 Å². The Kier molecular flexibility index (Phi) is 10.2. The number of amides is 1. The molecule has 4 aromatic rings. The first kappa shape index (κ1) is 30.8. The molecule has 7 nitrogen and oxygen atoms in total. The number of rotatable bonds is 10. The van der Waals surface area contributed by atoms with E-state index in [1.165, 1.54) is 22.5 Å². The van der Waals surface area contributed by atoms with Crippen molar-refractivity contribution in [3.8, 4) is 11.4 Å². The fourth-order valence-corrected chi connectivity index (χ4v) is 6.30. The molecule has 0 bridgehead atoms. The van der Waals surface area contributed by atoms with Crippen LogP contribution < -0.4 is 20.9 Å². The Morgan fingerprint density at radius 1 is 1.16 bits per heavy atom. The van der Waals surface area contributed by atoms with Crippen LogP contribution in [0.25, 0.3) is 5.69 Å². The molecule has 3 aromatic carbocycles. The van der Waals surface area contributed by atoms with E-state index in [1.54, 1.807) is 49.6 Å². The molecule has 0 spiro atoms. The van der Waals surface area contributed by atoms with E-state index in [-0.39, 0.29) is 35.2 Å². The molecule has 2 N–H and O–H groups in total. The van der Waals surface area contributed by atoms with E-state index >= 15 is 0 Å². The average Bonchev–Trinajstić information content (AvgIpc) is 3.02. The number of hydrogen-bond donors (Lipinski definition) is 2. The first-order valence-electron chi connectivity index (χ1n) is 14.3. The fourth-order valence-electron chi connectivity index (χ4n) is 5.34. The molecular weight excluding hydrogens is 587 g/mol. The third-order valence-electron chi connectivity index (χ3n) is 7.68. The van der Waals surface area contributed by atoms with Crippen LogP contribution in [0.2, 0.25) is 5.02 Å². The minimum Gasteiger partial charge on any atom is -0.497 e. The number of hydrogen-bond acceptors (Lipinski definition) is 6. The van der Waals surface area contributed by atoms with E-state index in [2.05, 4.69) is 15.7 Å². The fraction of sp³-hybridized carbons (Fsp3) is 0.303. The molecule has 0 saturated carbocycles. The first-order valence-corrected chi connectivity index (χ1v) is 15.5. The van der Waals surface area contributed by atoms with Gasteiger partial charge in [0.05, 0.1) is 12.8 Å². The molecule has 10 heteroatoms. The summed E-state index contributed by atoms with van der Waals surface area (Å²) in [6.45, 7) is 3.18. The van der Waals surface area contributed by atoms with Crippen LogP contribution in [0.1, 0.15) is 36.8 Å². The predicted octanol–water partition coefficient (Wildman–Crippen LogP) is 6.02. The average molecular weight is 621 g/mol. The Labute approximate surface area is 259 Å². The Bertz CT molecular complexity index is 1610. The normalized spacial score (nSPS) is 17.3. The van der Waals surface area contributed by atoms with Gasteiger partial charge >= 0.3 is 0 Å². The summed E-state index contributed by atoms with van der Waals surface area (Å²) in [5.74, 6) is -0.284. The number of ether oxygens (including phenoxy) is 1. The maximum atomic E-state index is 14.6. The number of carbonyl (C=O) groups is 1. The minimum absolute atomic E-state index is 0.0911. The van der Waals surface area contributed by atoms with Gasteiger partial charge in [-0.1, -0.05) is 41.6 Å². The minimum atomic E-state index is -0.337. The zero-order valence-electron chi connectivity index (χ0n) is 24.1. The van der Waals surface area contributed by atoms with Gasteiger partial charge in [-0.25, -0.2) is 4.39 Å². The standard InChI is InChI=1S/C33H34ClFN4O3S/c1-21(37-32(40)28-17-18-36-20-29(28)27-5-3-4-6-30(27)35)7-8-22-19-31(43-26-15-9-23(34)10-16-26)38-39(33(22)41)24-11-13-25(42-2)14-12-24/h3-6,9-16,19,21,28-29,36H,7-8,17-18,20H2,1-2H3,(H,37,40)/t21-,28+,29-/m1/s1. The molecule has 1 aliphatic rings. The van der Waals surface area contributed by atoms with Crippen molar-refractivity contribution in [1.82, 2.24) is 20.4 Å². The number of carbonyl (C=O) groups excluding carboxylic acids is 1. The van der Waals surface area contributed by atoms with Crippen LogP contribution in [0.3, 0.4) is 0 Å². The lowest BCUT2D eigenvalue weighted by Gasteiger charge is -2.32. The van der Waals surface area contributed by atoms with Crippen LogP contribution in [0.4, 0.5) is 4.39 Å². The maximum Gasteiger partial charge on any atom is 0.274 e. The molecule has 3 atom stereocenters. The van der Waals surface area contributed by atoms with Crippen molar-refractivity contribution in [3.63, 3.8) is 0 Å². The van der Waals surface area contributed by atoms with Crippen LogP contribution in [0.15, 0.2) is 93.6 Å². The topological polar surface area (TPSA) is 85.2 Å². The SMILES string of the molecule is COc1ccc(-n2nc(Sc3ccc(Cl)cc3)cc(CC[C@@H](C)NC(=O)[C@H]3CCNC[C@@H]3c3ccccc3F)c2=O)cc1. The number of aryl methyl sites for hydroxylation is 1. The molecule has 1 amide bonds. The highest BCUT2D eigenvalue weighted by atomic mass is 35.5. The van der Waals surface area contributed by atoms with Gasteiger partial charge in [-0.3, -0.25) is 9.59 Å². The van der Waals surface area contributed by atoms with Crippen molar-refractivity contribution in [3.05, 3.63) is 111 Å². The highest BCUT2D eigenvalue weighted by molar-refractivity contribution is 7.99. The van der Waals surface area contributed by atoms with Gasteiger partial charge in [-0.2, -0.15) is 9.78 Å². The Morgan fingerprint density at radius 2 is 1.91 bits per heavy atom. The van der Waals surface area contributed by atoms with Gasteiger partial charge in [-0.05, 0) is 99.0 Å². The monoisotopic (exact) mass is 620 g/mol. The number of nitrogens with one attached hydrogen (secondary N) is 2. The lowest BCUT2D eigenvalue weighted by molar-refractivity contribution is -0.127. The van der Waals surface area contributed by atoms with E-state index < -0.39 is 0 Å². The Balaban J connectivity index is 1.33. The molecule has 2 heterocycles. The van der Waals surface area contributed by atoms with E-state index in [9.17, 15) is 14.0 Å². The van der Waals surface area contributed by atoms with Gasteiger partial charge in [-0.15, -0.1) is 0 Å². The van der Waals surface area contributed by atoms with Crippen LogP contribution >= 0.6 is 23.4 Å². The van der Waals surface area contributed by atoms with Crippen molar-refractivity contribution < 1.29 is 13.9 Å². The molecule has 1 aliphatic heterocycles. The second-order valence-corrected chi connectivity index (χ2v) is 12.2. The van der Waals surface area contributed by atoms with Crippen LogP contribution in [-0.4, -0.2) is 41.9 Å². The summed E-state index contributed by atoms with van der Waals surface area (Å²) in [6.07, 6.45) is 1.61. The molecule has 5 rings (SSSR count). The molecule has 224 valence electrons. The second-order valence-electron chi connectivity index (χ2n) is 10.7. The summed E-state index contributed by atoms with van der Waals surface area (Å²) in [5.41, 5.74) is 1.55. The van der Waals surface area contributed by atoms with Crippen LogP contribution in [0.5, 0.6) is 5.75 Å². The summed E-state index contributed by atoms with van der Waals surface area (Å²) < 4.78 is 21.3. The van der Waals surface area contributed by atoms with E-state index in [4.69, 9.17) is 16.3 Å². The van der Waals surface area contributed by atoms with Crippen molar-refractivity contribution in [1.29, 1.82) is 0 Å². The number of methoxy groups -OCH3 is 1. The molecule has 0 unspecified atom stereocenters. The predicted molar refractivity (Wildman–Crippen MR) is 168 cm³/mol. The number of halogens is 2. The van der Waals surface area contributed by atoms with Crippen molar-refractivity contribution in [2.24, 2.45) is 5.92 Å². The Morgan fingerprint density at radius 3 is 2.63 bits per heavy atom. The second kappa shape index (κ2) is 14.2. The third-order valence-corrected chi connectivity index (χ3v) is 8.84. The van der Waals surface area contributed by atoms with Gasteiger partial charge < -0.3 is 15.4 Å². The smallest absolute Gasteiger partial charge is 0.274 e. The van der Waals surface area contributed by atoms with Crippen LogP contribution in [-0.2, 0) is 11.2 Å². The van der Waals surface area contributed by atoms with E-state index in [0.717, 1.165) is 4.90 Å². The number of benzene rings is 3. The lowest BCUT2D eigenvalue weighted by Crippen LogP contribution is -2.46. The molecule has 0 aliphatic carbocycles. The van der Waals surface area contributed by atoms with Crippen molar-refractivity contribution >= 4 is 29.3 Å². The molecule has 0 radical (unpaired) electrons. The summed E-state index contributed by atoms with van der Waals surface area (Å²) in [4.78, 5) is 27.9. The van der Waals surface area contributed by atoms with Gasteiger partial charge in [0.1, 0.15) is 16.6 Å². The van der Waals surface area contributed by atoms with Crippen molar-refractivity contribution in [2.75, 3.05) is 20.2 Å². The number of piperidine rings is 1. The van der Waals surface area contributed by atoms with Gasteiger partial charge in [0.25, 0.3) is 5.56 Å². The summed E-state index contributed by atoms with van der Waals surface area (Å²) in [5, 5.41) is 12.4. The Hall–Kier alpha value is -3.66. The molecule has 43 heavy (non-hydrogen) atoms. The van der Waals surface area contributed by atoms with Gasteiger partial charge in [0.15, 0.2) is 0 Å².